The molecule has 0 bridgehead atoms. The third-order valence-electron chi connectivity index (χ3n) is 2.52. The zero-order valence-corrected chi connectivity index (χ0v) is 12.3. The van der Waals surface area contributed by atoms with Crippen molar-refractivity contribution in [1.82, 2.24) is 5.32 Å². The van der Waals surface area contributed by atoms with Crippen LogP contribution in [0, 0.1) is 16.0 Å². The van der Waals surface area contributed by atoms with Gasteiger partial charge in [0, 0.05) is 17.9 Å². The molecular formula is C12H15BrN2O4. The van der Waals surface area contributed by atoms with Gasteiger partial charge >= 0.3 is 0 Å². The molecule has 0 aliphatic heterocycles. The summed E-state index contributed by atoms with van der Waals surface area (Å²) >= 11 is 3.32. The van der Waals surface area contributed by atoms with Crippen LogP contribution in [-0.2, 0) is 0 Å². The largest absolute Gasteiger partial charge is 0.496 e. The van der Waals surface area contributed by atoms with Crippen molar-refractivity contribution in [2.75, 3.05) is 19.0 Å². The lowest BCUT2D eigenvalue weighted by molar-refractivity contribution is -0.384. The average Bonchev–Trinajstić information content (AvgIpc) is 2.43. The molecule has 0 aliphatic carbocycles. The Morgan fingerprint density at radius 2 is 2.26 bits per heavy atom. The van der Waals surface area contributed by atoms with E-state index in [9.17, 15) is 14.9 Å². The van der Waals surface area contributed by atoms with Crippen LogP contribution >= 0.6 is 15.9 Å². The smallest absolute Gasteiger partial charge is 0.273 e. The summed E-state index contributed by atoms with van der Waals surface area (Å²) in [6, 6.07) is 3.92. The van der Waals surface area contributed by atoms with E-state index in [1.54, 1.807) is 0 Å². The molecule has 104 valence electrons. The van der Waals surface area contributed by atoms with Crippen molar-refractivity contribution in [3.8, 4) is 5.75 Å². The van der Waals surface area contributed by atoms with Crippen LogP contribution in [-0.4, -0.2) is 29.8 Å². The van der Waals surface area contributed by atoms with Crippen molar-refractivity contribution in [3.63, 3.8) is 0 Å². The lowest BCUT2D eigenvalue weighted by atomic mass is 10.1. The summed E-state index contributed by atoms with van der Waals surface area (Å²) in [5.74, 6) is 0.186. The van der Waals surface area contributed by atoms with Crippen LogP contribution < -0.4 is 10.1 Å². The van der Waals surface area contributed by atoms with Crippen LogP contribution in [0.25, 0.3) is 0 Å². The summed E-state index contributed by atoms with van der Waals surface area (Å²) in [4.78, 5) is 22.1. The Morgan fingerprint density at radius 3 is 2.79 bits per heavy atom. The van der Waals surface area contributed by atoms with Gasteiger partial charge in [-0.2, -0.15) is 0 Å². The minimum Gasteiger partial charge on any atom is -0.496 e. The molecule has 19 heavy (non-hydrogen) atoms. The Hall–Kier alpha value is -1.63. The molecule has 1 N–H and O–H groups in total. The lowest BCUT2D eigenvalue weighted by Crippen LogP contribution is -2.29. The third kappa shape index (κ3) is 4.20. The molecule has 1 amide bonds. The molecule has 1 atom stereocenters. The second-order valence-electron chi connectivity index (χ2n) is 4.11. The summed E-state index contributed by atoms with van der Waals surface area (Å²) in [5, 5.41) is 14.2. The fourth-order valence-electron chi connectivity index (χ4n) is 1.40. The van der Waals surface area contributed by atoms with Crippen LogP contribution in [0.4, 0.5) is 5.69 Å². The average molecular weight is 331 g/mol. The molecule has 0 aromatic heterocycles. The van der Waals surface area contributed by atoms with Gasteiger partial charge in [0.2, 0.25) is 0 Å². The maximum Gasteiger partial charge on any atom is 0.273 e. The van der Waals surface area contributed by atoms with E-state index in [1.165, 1.54) is 25.3 Å². The minimum atomic E-state index is -0.531. The van der Waals surface area contributed by atoms with Crippen molar-refractivity contribution in [3.05, 3.63) is 33.9 Å². The number of benzene rings is 1. The summed E-state index contributed by atoms with van der Waals surface area (Å²) in [6.07, 6.45) is 0. The van der Waals surface area contributed by atoms with E-state index < -0.39 is 4.92 Å². The zero-order valence-electron chi connectivity index (χ0n) is 10.7. The predicted octanol–water partition coefficient (Wildman–Crippen LogP) is 2.36. The molecule has 1 unspecified atom stereocenters. The Kier molecular flexibility index (Phi) is 5.75. The number of methoxy groups -OCH3 is 1. The van der Waals surface area contributed by atoms with Crippen LogP contribution in [0.5, 0.6) is 5.75 Å². The van der Waals surface area contributed by atoms with E-state index >= 15 is 0 Å². The number of ether oxygens (including phenoxy) is 1. The normalized spacial score (nSPS) is 11.7. The van der Waals surface area contributed by atoms with Gasteiger partial charge in [0.15, 0.2) is 0 Å². The van der Waals surface area contributed by atoms with Gasteiger partial charge in [0.25, 0.3) is 11.6 Å². The number of nitro benzene ring substituents is 1. The summed E-state index contributed by atoms with van der Waals surface area (Å²) in [7, 11) is 1.37. The molecule has 7 heteroatoms. The summed E-state index contributed by atoms with van der Waals surface area (Å²) in [6.45, 7) is 2.51. The van der Waals surface area contributed by atoms with Crippen molar-refractivity contribution in [2.24, 2.45) is 5.92 Å². The number of carbonyl (C=O) groups is 1. The number of halogens is 1. The number of nitrogens with one attached hydrogen (secondary N) is 1. The molecule has 0 aliphatic rings. The molecular weight excluding hydrogens is 316 g/mol. The molecule has 1 rings (SSSR count). The first-order valence-electron chi connectivity index (χ1n) is 5.66. The first kappa shape index (κ1) is 15.4. The highest BCUT2D eigenvalue weighted by atomic mass is 79.9. The number of nitrogens with zero attached hydrogens (tertiary/aromatic N) is 1. The molecule has 0 saturated heterocycles. The Bertz CT molecular complexity index is 479. The standard InChI is InChI=1S/C12H15BrN2O4/c1-8(6-13)7-14-12(16)10-4-3-9(15(17)18)5-11(10)19-2/h3-5,8H,6-7H2,1-2H3,(H,14,16). The molecule has 1 aromatic rings. The Balaban J connectivity index is 2.87. The summed E-state index contributed by atoms with van der Waals surface area (Å²) < 4.78 is 5.02. The number of hydrogen-bond acceptors (Lipinski definition) is 4. The lowest BCUT2D eigenvalue weighted by Gasteiger charge is -2.11. The van der Waals surface area contributed by atoms with E-state index in [-0.39, 0.29) is 22.9 Å². The number of carbonyl (C=O) groups excluding carboxylic acids is 1. The van der Waals surface area contributed by atoms with Gasteiger partial charge in [-0.15, -0.1) is 0 Å². The van der Waals surface area contributed by atoms with E-state index in [1.807, 2.05) is 6.92 Å². The monoisotopic (exact) mass is 330 g/mol. The third-order valence-corrected chi connectivity index (χ3v) is 3.62. The molecule has 0 heterocycles. The number of non-ortho nitro benzene ring substituents is 1. The van der Waals surface area contributed by atoms with Crippen LogP contribution in [0.1, 0.15) is 17.3 Å². The van der Waals surface area contributed by atoms with E-state index in [2.05, 4.69) is 21.2 Å². The van der Waals surface area contributed by atoms with Crippen molar-refractivity contribution in [1.29, 1.82) is 0 Å². The van der Waals surface area contributed by atoms with Gasteiger partial charge in [-0.05, 0) is 12.0 Å². The highest BCUT2D eigenvalue weighted by Crippen LogP contribution is 2.24. The van der Waals surface area contributed by atoms with Gasteiger partial charge in [-0.25, -0.2) is 0 Å². The maximum atomic E-state index is 11.9. The second-order valence-corrected chi connectivity index (χ2v) is 4.76. The fraction of sp³-hybridized carbons (Fsp3) is 0.417. The Labute approximate surface area is 119 Å². The molecule has 1 aromatic carbocycles. The van der Waals surface area contributed by atoms with Gasteiger partial charge in [0.05, 0.1) is 23.7 Å². The molecule has 0 fully saturated rings. The Morgan fingerprint density at radius 1 is 1.58 bits per heavy atom. The topological polar surface area (TPSA) is 81.5 Å². The first-order valence-corrected chi connectivity index (χ1v) is 6.78. The van der Waals surface area contributed by atoms with Crippen molar-refractivity contribution < 1.29 is 14.5 Å². The number of amides is 1. The quantitative estimate of drug-likeness (QED) is 0.493. The second kappa shape index (κ2) is 7.08. The molecule has 0 spiro atoms. The minimum absolute atomic E-state index is 0.109. The van der Waals surface area contributed by atoms with E-state index in [0.717, 1.165) is 5.33 Å². The van der Waals surface area contributed by atoms with Gasteiger partial charge in [-0.3, -0.25) is 14.9 Å². The molecule has 6 nitrogen and oxygen atoms in total. The van der Waals surface area contributed by atoms with Gasteiger partial charge in [0.1, 0.15) is 5.75 Å². The van der Waals surface area contributed by atoms with Crippen LogP contribution in [0.2, 0.25) is 0 Å². The SMILES string of the molecule is COc1cc([N+](=O)[O-])ccc1C(=O)NCC(C)CBr. The predicted molar refractivity (Wildman–Crippen MR) is 74.9 cm³/mol. The van der Waals surface area contributed by atoms with Gasteiger partial charge < -0.3 is 10.1 Å². The van der Waals surface area contributed by atoms with Gasteiger partial charge in [-0.1, -0.05) is 22.9 Å². The maximum absolute atomic E-state index is 11.9. The van der Waals surface area contributed by atoms with Crippen LogP contribution in [0.3, 0.4) is 0 Å². The zero-order chi connectivity index (χ0) is 14.4. The number of alkyl halides is 1. The van der Waals surface area contributed by atoms with Crippen molar-refractivity contribution in [2.45, 2.75) is 6.92 Å². The van der Waals surface area contributed by atoms with Crippen molar-refractivity contribution >= 4 is 27.5 Å². The fourth-order valence-corrected chi connectivity index (χ4v) is 1.63. The molecule has 0 radical (unpaired) electrons. The highest BCUT2D eigenvalue weighted by Gasteiger charge is 2.16. The molecule has 0 saturated carbocycles. The van der Waals surface area contributed by atoms with E-state index in [4.69, 9.17) is 4.74 Å². The summed E-state index contributed by atoms with van der Waals surface area (Å²) in [5.41, 5.74) is 0.178. The van der Waals surface area contributed by atoms with Crippen LogP contribution in [0.15, 0.2) is 18.2 Å². The number of rotatable bonds is 6. The highest BCUT2D eigenvalue weighted by molar-refractivity contribution is 9.09. The number of hydrogen-bond donors (Lipinski definition) is 1. The first-order chi connectivity index (χ1) is 8.99. The van der Waals surface area contributed by atoms with E-state index in [0.29, 0.717) is 12.5 Å². The number of nitro groups is 1.